The van der Waals surface area contributed by atoms with Gasteiger partial charge in [0, 0.05) is 16.0 Å². The lowest BCUT2D eigenvalue weighted by molar-refractivity contribution is 0.0495. The number of carbonyl (C=O) groups is 1. The van der Waals surface area contributed by atoms with Gasteiger partial charge >= 0.3 is 6.09 Å². The van der Waals surface area contributed by atoms with Gasteiger partial charge in [0.1, 0.15) is 5.60 Å². The van der Waals surface area contributed by atoms with E-state index in [1.165, 1.54) is 19.3 Å². The number of amides is 1. The summed E-state index contributed by atoms with van der Waals surface area (Å²) in [6.45, 7) is 12.4. The summed E-state index contributed by atoms with van der Waals surface area (Å²) < 4.78 is 5.59. The highest BCUT2D eigenvalue weighted by atomic mass is 32.2. The standard InChI is InChI=1S/C15H29NO2S/c1-14(2,3)18-13(17)16-11-9-7-8-10-12(11)19-15(4,5)6/h11-12H,7-10H2,1-6H3,(H,16,17)/t11-,12+/m0/s1. The van der Waals surface area contributed by atoms with Crippen molar-refractivity contribution < 1.29 is 9.53 Å². The van der Waals surface area contributed by atoms with E-state index in [1.807, 2.05) is 32.5 Å². The lowest BCUT2D eigenvalue weighted by Crippen LogP contribution is -2.46. The second kappa shape index (κ2) is 6.38. The van der Waals surface area contributed by atoms with E-state index in [9.17, 15) is 4.79 Å². The zero-order valence-electron chi connectivity index (χ0n) is 13.2. The first-order valence-corrected chi connectivity index (χ1v) is 8.12. The first kappa shape index (κ1) is 16.7. The van der Waals surface area contributed by atoms with Crippen molar-refractivity contribution in [3.05, 3.63) is 0 Å². The predicted octanol–water partition coefficient (Wildman–Crippen LogP) is 4.35. The summed E-state index contributed by atoms with van der Waals surface area (Å²) >= 11 is 1.98. The van der Waals surface area contributed by atoms with Gasteiger partial charge < -0.3 is 10.1 Å². The third-order valence-corrected chi connectivity index (χ3v) is 4.48. The fourth-order valence-electron chi connectivity index (χ4n) is 2.32. The van der Waals surface area contributed by atoms with Crippen LogP contribution in [0.1, 0.15) is 67.2 Å². The number of alkyl carbamates (subject to hydrolysis) is 1. The molecule has 0 aliphatic heterocycles. The van der Waals surface area contributed by atoms with Gasteiger partial charge in [0.05, 0.1) is 0 Å². The number of thioether (sulfide) groups is 1. The smallest absolute Gasteiger partial charge is 0.407 e. The number of carbonyl (C=O) groups excluding carboxylic acids is 1. The fraction of sp³-hybridized carbons (Fsp3) is 0.933. The minimum absolute atomic E-state index is 0.232. The Morgan fingerprint density at radius 2 is 1.68 bits per heavy atom. The van der Waals surface area contributed by atoms with Gasteiger partial charge in [0.2, 0.25) is 0 Å². The third kappa shape index (κ3) is 7.09. The Hall–Kier alpha value is -0.380. The largest absolute Gasteiger partial charge is 0.444 e. The fourth-order valence-corrected chi connectivity index (χ4v) is 3.88. The quantitative estimate of drug-likeness (QED) is 0.820. The van der Waals surface area contributed by atoms with Crippen LogP contribution in [0.4, 0.5) is 4.79 Å². The molecule has 112 valence electrons. The molecule has 0 bridgehead atoms. The van der Waals surface area contributed by atoms with Crippen molar-refractivity contribution in [1.82, 2.24) is 5.32 Å². The van der Waals surface area contributed by atoms with Gasteiger partial charge in [-0.15, -0.1) is 0 Å². The van der Waals surface area contributed by atoms with E-state index in [1.54, 1.807) is 0 Å². The summed E-state index contributed by atoms with van der Waals surface area (Å²) in [7, 11) is 0. The molecule has 1 aliphatic rings. The molecule has 0 unspecified atom stereocenters. The maximum Gasteiger partial charge on any atom is 0.407 e. The van der Waals surface area contributed by atoms with Crippen LogP contribution in [0.5, 0.6) is 0 Å². The van der Waals surface area contributed by atoms with Crippen molar-refractivity contribution in [2.75, 3.05) is 0 Å². The predicted molar refractivity (Wildman–Crippen MR) is 82.8 cm³/mol. The molecule has 0 aromatic heterocycles. The van der Waals surface area contributed by atoms with Crippen molar-refractivity contribution >= 4 is 17.9 Å². The van der Waals surface area contributed by atoms with Crippen LogP contribution in [0.15, 0.2) is 0 Å². The lowest BCUT2D eigenvalue weighted by Gasteiger charge is -2.36. The summed E-state index contributed by atoms with van der Waals surface area (Å²) in [6, 6.07) is 0.243. The molecule has 1 saturated carbocycles. The van der Waals surface area contributed by atoms with Gasteiger partial charge in [-0.3, -0.25) is 0 Å². The van der Waals surface area contributed by atoms with E-state index >= 15 is 0 Å². The van der Waals surface area contributed by atoms with Crippen LogP contribution < -0.4 is 5.32 Å². The minimum Gasteiger partial charge on any atom is -0.444 e. The molecule has 0 aromatic rings. The molecule has 1 rings (SSSR count). The molecule has 1 N–H and O–H groups in total. The summed E-state index contributed by atoms with van der Waals surface area (Å²) in [5.41, 5.74) is -0.425. The molecule has 2 atom stereocenters. The van der Waals surface area contributed by atoms with Crippen LogP contribution in [0.3, 0.4) is 0 Å². The minimum atomic E-state index is -0.425. The Labute approximate surface area is 122 Å². The zero-order valence-corrected chi connectivity index (χ0v) is 14.0. The molecular formula is C15H29NO2S. The van der Waals surface area contributed by atoms with Crippen LogP contribution in [0.2, 0.25) is 0 Å². The van der Waals surface area contributed by atoms with Crippen LogP contribution in [-0.2, 0) is 4.74 Å². The van der Waals surface area contributed by atoms with E-state index in [0.717, 1.165) is 6.42 Å². The SMILES string of the molecule is CC(C)(C)OC(=O)N[C@H]1CCCC[C@H]1SC(C)(C)C. The molecule has 0 radical (unpaired) electrons. The molecule has 3 nitrogen and oxygen atoms in total. The molecule has 4 heteroatoms. The summed E-state index contributed by atoms with van der Waals surface area (Å²) in [6.07, 6.45) is 4.43. The first-order chi connectivity index (χ1) is 8.57. The van der Waals surface area contributed by atoms with Crippen molar-refractivity contribution in [3.8, 4) is 0 Å². The molecule has 0 aromatic carbocycles. The average molecular weight is 287 g/mol. The number of hydrogen-bond acceptors (Lipinski definition) is 3. The van der Waals surface area contributed by atoms with Gasteiger partial charge in [0.15, 0.2) is 0 Å². The number of rotatable bonds is 2. The lowest BCUT2D eigenvalue weighted by atomic mass is 9.95. The Morgan fingerprint density at radius 1 is 1.11 bits per heavy atom. The number of hydrogen-bond donors (Lipinski definition) is 1. The van der Waals surface area contributed by atoms with Crippen molar-refractivity contribution in [2.24, 2.45) is 0 Å². The highest BCUT2D eigenvalue weighted by Crippen LogP contribution is 2.36. The molecule has 1 fully saturated rings. The summed E-state index contributed by atoms with van der Waals surface area (Å²) in [5.74, 6) is 0. The maximum atomic E-state index is 11.9. The van der Waals surface area contributed by atoms with Gasteiger partial charge in [-0.25, -0.2) is 4.79 Å². The summed E-state index contributed by atoms with van der Waals surface area (Å²) in [4.78, 5) is 11.9. The van der Waals surface area contributed by atoms with Crippen molar-refractivity contribution in [3.63, 3.8) is 0 Å². The molecule has 0 spiro atoms. The second-order valence-corrected chi connectivity index (χ2v) is 9.37. The molecule has 0 heterocycles. The maximum absolute atomic E-state index is 11.9. The average Bonchev–Trinajstić information content (AvgIpc) is 2.15. The van der Waals surface area contributed by atoms with Gasteiger partial charge in [0.25, 0.3) is 0 Å². The van der Waals surface area contributed by atoms with Crippen LogP contribution in [-0.4, -0.2) is 27.7 Å². The zero-order chi connectivity index (χ0) is 14.7. The van der Waals surface area contributed by atoms with E-state index in [-0.39, 0.29) is 16.9 Å². The highest BCUT2D eigenvalue weighted by molar-refractivity contribution is 8.01. The van der Waals surface area contributed by atoms with Crippen molar-refractivity contribution in [2.45, 2.75) is 88.9 Å². The summed E-state index contributed by atoms with van der Waals surface area (Å²) in [5, 5.41) is 3.57. The van der Waals surface area contributed by atoms with E-state index in [4.69, 9.17) is 4.74 Å². The molecular weight excluding hydrogens is 258 g/mol. The molecule has 1 amide bonds. The monoisotopic (exact) mass is 287 g/mol. The first-order valence-electron chi connectivity index (χ1n) is 7.24. The molecule has 0 saturated heterocycles. The third-order valence-electron chi connectivity index (χ3n) is 2.91. The molecule has 1 aliphatic carbocycles. The Morgan fingerprint density at radius 3 is 2.21 bits per heavy atom. The topological polar surface area (TPSA) is 38.3 Å². The van der Waals surface area contributed by atoms with E-state index in [2.05, 4.69) is 26.1 Å². The number of ether oxygens (including phenoxy) is 1. The van der Waals surface area contributed by atoms with E-state index < -0.39 is 5.60 Å². The van der Waals surface area contributed by atoms with E-state index in [0.29, 0.717) is 5.25 Å². The van der Waals surface area contributed by atoms with Crippen molar-refractivity contribution in [1.29, 1.82) is 0 Å². The number of nitrogens with one attached hydrogen (secondary N) is 1. The van der Waals surface area contributed by atoms with Crippen LogP contribution in [0.25, 0.3) is 0 Å². The second-order valence-electron chi connectivity index (χ2n) is 7.31. The normalized spacial score (nSPS) is 24.9. The molecule has 19 heavy (non-hydrogen) atoms. The van der Waals surface area contributed by atoms with Gasteiger partial charge in [-0.2, -0.15) is 11.8 Å². The highest BCUT2D eigenvalue weighted by Gasteiger charge is 2.31. The van der Waals surface area contributed by atoms with Gasteiger partial charge in [-0.05, 0) is 33.6 Å². The van der Waals surface area contributed by atoms with Gasteiger partial charge in [-0.1, -0.05) is 33.6 Å². The van der Waals surface area contributed by atoms with Crippen LogP contribution in [0, 0.1) is 0 Å². The van der Waals surface area contributed by atoms with Crippen LogP contribution >= 0.6 is 11.8 Å². The Balaban J connectivity index is 2.55. The Bertz CT molecular complexity index is 304. The Kier molecular flexibility index (Phi) is 5.60.